The smallest absolute Gasteiger partial charge is 0.245 e. The Morgan fingerprint density at radius 1 is 1.30 bits per heavy atom. The molecule has 0 saturated heterocycles. The van der Waals surface area contributed by atoms with Crippen LogP contribution in [0.1, 0.15) is 5.56 Å². The lowest BCUT2D eigenvalue weighted by Gasteiger charge is -2.25. The Kier molecular flexibility index (Phi) is 7.10. The number of nitrogens with one attached hydrogen (secondary N) is 2. The first kappa shape index (κ1) is 17.1. The lowest BCUT2D eigenvalue weighted by Crippen LogP contribution is -2.53. The van der Waals surface area contributed by atoms with Crippen molar-refractivity contribution in [3.8, 4) is 0 Å². The summed E-state index contributed by atoms with van der Waals surface area (Å²) in [4.78, 5) is 11.8. The highest BCUT2D eigenvalue weighted by Gasteiger charge is 2.32. The van der Waals surface area contributed by atoms with Crippen molar-refractivity contribution < 1.29 is 4.79 Å². The molecule has 0 aromatic heterocycles. The van der Waals surface area contributed by atoms with Gasteiger partial charge in [0.2, 0.25) is 9.70 Å². The molecule has 108 valence electrons. The molecule has 20 heavy (non-hydrogen) atoms. The van der Waals surface area contributed by atoms with Crippen molar-refractivity contribution in [3.05, 3.63) is 54.6 Å². The number of benzene rings is 1. The van der Waals surface area contributed by atoms with Crippen LogP contribution in [0.5, 0.6) is 0 Å². The topological polar surface area (TPSA) is 41.1 Å². The van der Waals surface area contributed by atoms with Gasteiger partial charge in [0.1, 0.15) is 6.17 Å². The van der Waals surface area contributed by atoms with Crippen LogP contribution in [0.3, 0.4) is 0 Å². The summed E-state index contributed by atoms with van der Waals surface area (Å²) in [7, 11) is 0. The van der Waals surface area contributed by atoms with E-state index < -0.39 is 9.96 Å². The Morgan fingerprint density at radius 2 is 1.95 bits per heavy atom. The maximum absolute atomic E-state index is 11.8. The zero-order valence-corrected chi connectivity index (χ0v) is 12.9. The van der Waals surface area contributed by atoms with Crippen molar-refractivity contribution in [2.75, 3.05) is 6.54 Å². The van der Waals surface area contributed by atoms with Crippen molar-refractivity contribution >= 4 is 46.8 Å². The summed E-state index contributed by atoms with van der Waals surface area (Å²) < 4.78 is -1.65. The van der Waals surface area contributed by atoms with Gasteiger partial charge in [-0.1, -0.05) is 71.2 Å². The van der Waals surface area contributed by atoms with Crippen LogP contribution in [0.2, 0.25) is 0 Å². The van der Waals surface area contributed by atoms with E-state index in [1.807, 2.05) is 30.3 Å². The van der Waals surface area contributed by atoms with Crippen molar-refractivity contribution in [2.45, 2.75) is 9.96 Å². The molecule has 3 nitrogen and oxygen atoms in total. The highest BCUT2D eigenvalue weighted by atomic mass is 35.6. The molecule has 0 saturated carbocycles. The summed E-state index contributed by atoms with van der Waals surface area (Å²) in [5, 5.41) is 5.44. The summed E-state index contributed by atoms with van der Waals surface area (Å²) in [6, 6.07) is 9.43. The number of amides is 1. The molecular weight excluding hydrogens is 319 g/mol. The third kappa shape index (κ3) is 6.44. The fourth-order valence-corrected chi connectivity index (χ4v) is 1.77. The van der Waals surface area contributed by atoms with Crippen LogP contribution < -0.4 is 10.6 Å². The fraction of sp³-hybridized carbons (Fsp3) is 0.214. The predicted molar refractivity (Wildman–Crippen MR) is 85.9 cm³/mol. The molecule has 0 radical (unpaired) electrons. The molecule has 0 aliphatic carbocycles. The standard InChI is InChI=1S/C14H15Cl3N2O/c1-2-10-18-13(14(15,16)17)19-12(20)9-8-11-6-4-3-5-7-11/h2-9,13,18H,1,10H2,(H,19,20)/b9-8+/t13-/m1/s1. The van der Waals surface area contributed by atoms with Gasteiger partial charge in [0.25, 0.3) is 0 Å². The van der Waals surface area contributed by atoms with Crippen molar-refractivity contribution in [1.29, 1.82) is 0 Å². The van der Waals surface area contributed by atoms with E-state index in [1.165, 1.54) is 6.08 Å². The highest BCUT2D eigenvalue weighted by molar-refractivity contribution is 6.68. The van der Waals surface area contributed by atoms with Crippen LogP contribution in [0.25, 0.3) is 6.08 Å². The first-order chi connectivity index (χ1) is 9.43. The second-order valence-electron chi connectivity index (χ2n) is 3.92. The molecule has 0 unspecified atom stereocenters. The zero-order chi connectivity index (χ0) is 15.0. The Hall–Kier alpha value is -1.000. The molecule has 2 N–H and O–H groups in total. The molecule has 1 rings (SSSR count). The van der Waals surface area contributed by atoms with Gasteiger partial charge < -0.3 is 5.32 Å². The molecule has 6 heteroatoms. The van der Waals surface area contributed by atoms with E-state index in [1.54, 1.807) is 12.2 Å². The van der Waals surface area contributed by atoms with Gasteiger partial charge in [0, 0.05) is 12.6 Å². The molecule has 1 atom stereocenters. The van der Waals surface area contributed by atoms with Crippen LogP contribution in [0, 0.1) is 0 Å². The van der Waals surface area contributed by atoms with E-state index in [4.69, 9.17) is 34.8 Å². The molecule has 1 aromatic carbocycles. The quantitative estimate of drug-likeness (QED) is 0.363. The van der Waals surface area contributed by atoms with Crippen molar-refractivity contribution in [3.63, 3.8) is 0 Å². The Balaban J connectivity index is 2.62. The molecule has 0 aliphatic rings. The Morgan fingerprint density at radius 3 is 2.50 bits per heavy atom. The molecule has 0 fully saturated rings. The van der Waals surface area contributed by atoms with Crippen LogP contribution >= 0.6 is 34.8 Å². The minimum atomic E-state index is -1.65. The van der Waals surface area contributed by atoms with Crippen LogP contribution in [0.15, 0.2) is 49.1 Å². The third-order valence-electron chi connectivity index (χ3n) is 2.31. The maximum Gasteiger partial charge on any atom is 0.245 e. The summed E-state index contributed by atoms with van der Waals surface area (Å²) in [5.41, 5.74) is 0.909. The van der Waals surface area contributed by atoms with Gasteiger partial charge in [0.15, 0.2) is 0 Å². The van der Waals surface area contributed by atoms with Gasteiger partial charge >= 0.3 is 0 Å². The lowest BCUT2D eigenvalue weighted by molar-refractivity contribution is -0.117. The molecule has 1 aromatic rings. The minimum Gasteiger partial charge on any atom is -0.333 e. The fourth-order valence-electron chi connectivity index (χ4n) is 1.38. The molecule has 0 heterocycles. The van der Waals surface area contributed by atoms with E-state index in [0.29, 0.717) is 6.54 Å². The number of hydrogen-bond acceptors (Lipinski definition) is 2. The number of halogens is 3. The summed E-state index contributed by atoms with van der Waals surface area (Å²) in [6.07, 6.45) is 3.86. The average molecular weight is 334 g/mol. The first-order valence-corrected chi connectivity index (χ1v) is 7.01. The first-order valence-electron chi connectivity index (χ1n) is 5.88. The maximum atomic E-state index is 11.8. The second-order valence-corrected chi connectivity index (χ2v) is 6.29. The lowest BCUT2D eigenvalue weighted by atomic mass is 10.2. The molecule has 0 aliphatic heterocycles. The number of alkyl halides is 3. The van der Waals surface area contributed by atoms with Gasteiger partial charge in [-0.3, -0.25) is 10.1 Å². The number of carbonyl (C=O) groups is 1. The summed E-state index contributed by atoms with van der Waals surface area (Å²) in [5.74, 6) is -0.359. The number of rotatable bonds is 6. The summed E-state index contributed by atoms with van der Waals surface area (Å²) >= 11 is 17.4. The molecular formula is C14H15Cl3N2O. The van der Waals surface area contributed by atoms with Gasteiger partial charge in [0.05, 0.1) is 0 Å². The van der Waals surface area contributed by atoms with Crippen LogP contribution in [-0.2, 0) is 4.79 Å². The van der Waals surface area contributed by atoms with E-state index in [-0.39, 0.29) is 5.91 Å². The highest BCUT2D eigenvalue weighted by Crippen LogP contribution is 2.28. The normalized spacial score (nSPS) is 13.2. The monoisotopic (exact) mass is 332 g/mol. The SMILES string of the molecule is C=CCN[C@H](NC(=O)/C=C/c1ccccc1)C(Cl)(Cl)Cl. The third-order valence-corrected chi connectivity index (χ3v) is 2.96. The van der Waals surface area contributed by atoms with Gasteiger partial charge in [-0.25, -0.2) is 0 Å². The van der Waals surface area contributed by atoms with E-state index in [9.17, 15) is 4.79 Å². The number of carbonyl (C=O) groups excluding carboxylic acids is 1. The predicted octanol–water partition coefficient (Wildman–Crippen LogP) is 3.29. The Labute approximate surface area is 133 Å². The molecule has 0 spiro atoms. The van der Waals surface area contributed by atoms with Gasteiger partial charge in [-0.05, 0) is 11.6 Å². The van der Waals surface area contributed by atoms with Crippen molar-refractivity contribution in [2.24, 2.45) is 0 Å². The molecule has 1 amide bonds. The van der Waals surface area contributed by atoms with E-state index in [2.05, 4.69) is 17.2 Å². The average Bonchev–Trinajstić information content (AvgIpc) is 2.41. The minimum absolute atomic E-state index is 0.359. The largest absolute Gasteiger partial charge is 0.333 e. The second kappa shape index (κ2) is 8.32. The van der Waals surface area contributed by atoms with Crippen LogP contribution in [0.4, 0.5) is 0 Å². The zero-order valence-electron chi connectivity index (χ0n) is 10.7. The molecule has 0 bridgehead atoms. The summed E-state index contributed by atoms with van der Waals surface area (Å²) in [6.45, 7) is 3.96. The van der Waals surface area contributed by atoms with Gasteiger partial charge in [-0.15, -0.1) is 6.58 Å². The van der Waals surface area contributed by atoms with E-state index >= 15 is 0 Å². The van der Waals surface area contributed by atoms with Crippen LogP contribution in [-0.4, -0.2) is 22.4 Å². The van der Waals surface area contributed by atoms with Crippen molar-refractivity contribution in [1.82, 2.24) is 10.6 Å². The van der Waals surface area contributed by atoms with E-state index in [0.717, 1.165) is 5.56 Å². The Bertz CT molecular complexity index is 469. The van der Waals surface area contributed by atoms with Gasteiger partial charge in [-0.2, -0.15) is 0 Å². The number of hydrogen-bond donors (Lipinski definition) is 2.